The van der Waals surface area contributed by atoms with Crippen molar-refractivity contribution in [1.29, 1.82) is 0 Å². The SMILES string of the molecule is COC1C=COC2(C)Oc3c(C)c(O)c4c(O)c(c(C=NN5CC(C)N(C(=O)c6ccccc6)C(C)C5)c(O)c4c3C2=O)NC(=O)C(C)=CC=CC(C)C(O)C(C)C(O)C(C)C(OC(C)=O)C1C. The van der Waals surface area contributed by atoms with Gasteiger partial charge >= 0.3 is 11.8 Å². The molecule has 4 heterocycles. The molecule has 5 bridgehead atoms. The molecule has 3 aromatic carbocycles. The van der Waals surface area contributed by atoms with Crippen molar-refractivity contribution in [2.75, 3.05) is 25.5 Å². The molecule has 17 nitrogen and oxygen atoms in total. The lowest BCUT2D eigenvalue weighted by molar-refractivity contribution is -0.160. The van der Waals surface area contributed by atoms with Gasteiger partial charge in [-0.3, -0.25) is 24.2 Å². The van der Waals surface area contributed by atoms with Gasteiger partial charge in [0, 0.05) is 78.8 Å². The topological polar surface area (TPSA) is 237 Å². The van der Waals surface area contributed by atoms with Gasteiger partial charge < -0.3 is 54.7 Å². The molecule has 0 aliphatic carbocycles. The summed E-state index contributed by atoms with van der Waals surface area (Å²) >= 11 is 0. The zero-order valence-corrected chi connectivity index (χ0v) is 40.4. The number of nitrogens with zero attached hydrogens (tertiary/aromatic N) is 3. The van der Waals surface area contributed by atoms with Crippen LogP contribution in [-0.4, -0.2) is 128 Å². The molecule has 2 amide bonds. The normalized spacial score (nSPS) is 29.5. The highest BCUT2D eigenvalue weighted by Gasteiger charge is 2.50. The van der Waals surface area contributed by atoms with Crippen molar-refractivity contribution in [2.45, 2.75) is 112 Å². The number of hydrazone groups is 1. The number of methoxy groups -OCH3 is 1. The lowest BCUT2D eigenvalue weighted by atomic mass is 9.78. The van der Waals surface area contributed by atoms with E-state index in [0.717, 1.165) is 0 Å². The van der Waals surface area contributed by atoms with E-state index >= 15 is 0 Å². The molecular weight excluding hydrogens is 877 g/mol. The van der Waals surface area contributed by atoms with Gasteiger partial charge in [-0.2, -0.15) is 5.10 Å². The van der Waals surface area contributed by atoms with E-state index in [-0.39, 0.29) is 75.6 Å². The Bertz CT molecular complexity index is 2550. The summed E-state index contributed by atoms with van der Waals surface area (Å²) in [6, 6.07) is 8.30. The highest BCUT2D eigenvalue weighted by Crippen LogP contribution is 2.55. The molecule has 11 atom stereocenters. The first kappa shape index (κ1) is 51.0. The molecule has 0 radical (unpaired) electrons. The first-order valence-electron chi connectivity index (χ1n) is 22.8. The molecule has 4 aliphatic rings. The van der Waals surface area contributed by atoms with E-state index in [0.29, 0.717) is 5.56 Å². The van der Waals surface area contributed by atoms with Crippen LogP contribution in [0.2, 0.25) is 0 Å². The highest BCUT2D eigenvalue weighted by molar-refractivity contribution is 6.24. The van der Waals surface area contributed by atoms with Crippen molar-refractivity contribution in [2.24, 2.45) is 28.8 Å². The minimum absolute atomic E-state index is 0.0221. The Balaban J connectivity index is 1.48. The number of Topliss-reactive ketones (excluding diaryl/α,β-unsaturated/α-hetero) is 1. The Labute approximate surface area is 396 Å². The average Bonchev–Trinajstić information content (AvgIpc) is 3.56. The maximum Gasteiger partial charge on any atom is 0.312 e. The lowest BCUT2D eigenvalue weighted by Crippen LogP contribution is -2.57. The molecule has 0 spiro atoms. The summed E-state index contributed by atoms with van der Waals surface area (Å²) in [6.07, 6.45) is 4.62. The number of nitrogens with one attached hydrogen (secondary N) is 1. The van der Waals surface area contributed by atoms with Crippen molar-refractivity contribution >= 4 is 46.2 Å². The number of fused-ring (bicyclic) bond motifs is 14. The minimum atomic E-state index is -2.09. The van der Waals surface area contributed by atoms with Crippen LogP contribution in [0.5, 0.6) is 23.0 Å². The third-order valence-electron chi connectivity index (χ3n) is 13.5. The number of hydrogen-bond donors (Lipinski definition) is 6. The molecule has 0 saturated carbocycles. The molecule has 7 rings (SSSR count). The van der Waals surface area contributed by atoms with Crippen molar-refractivity contribution in [3.63, 3.8) is 0 Å². The molecule has 3 aromatic rings. The van der Waals surface area contributed by atoms with Crippen LogP contribution in [0.25, 0.3) is 10.8 Å². The van der Waals surface area contributed by atoms with Crippen molar-refractivity contribution in [1.82, 2.24) is 9.91 Å². The highest BCUT2D eigenvalue weighted by atomic mass is 16.7. The molecule has 17 heteroatoms. The standard InChI is InChI=1S/C51H64N4O13/c1-25-16-15-17-26(2)49(63)53-40-35(22-52-54-23-27(3)55(28(4)24-54)50(64)34-18-13-12-14-19-34)44(60)37-38(45(40)61)43(59)32(8)47-39(37)48(62)51(10,68-47)66-21-20-36(65-11)29(5)46(67-33(9)56)31(7)42(58)30(6)41(25)57/h12-22,25,27-31,36,41-42,46,57-61H,23-24H2,1-11H3,(H,53,63). The van der Waals surface area contributed by atoms with Crippen LogP contribution in [0.4, 0.5) is 5.69 Å². The van der Waals surface area contributed by atoms with E-state index in [1.807, 2.05) is 19.9 Å². The molecule has 0 aromatic heterocycles. The van der Waals surface area contributed by atoms with Gasteiger partial charge in [-0.05, 0) is 45.9 Å². The summed E-state index contributed by atoms with van der Waals surface area (Å²) in [4.78, 5) is 56.3. The lowest BCUT2D eigenvalue weighted by Gasteiger charge is -2.43. The van der Waals surface area contributed by atoms with E-state index in [9.17, 15) is 44.7 Å². The Morgan fingerprint density at radius 1 is 0.882 bits per heavy atom. The number of hydrogen-bond acceptors (Lipinski definition) is 15. The number of phenols is 3. The smallest absolute Gasteiger partial charge is 0.312 e. The van der Waals surface area contributed by atoms with Gasteiger partial charge in [-0.25, -0.2) is 0 Å². The Morgan fingerprint density at radius 2 is 1.53 bits per heavy atom. The third-order valence-corrected chi connectivity index (χ3v) is 13.5. The molecule has 4 aliphatic heterocycles. The van der Waals surface area contributed by atoms with Crippen LogP contribution in [0.15, 0.2) is 71.6 Å². The van der Waals surface area contributed by atoms with Gasteiger partial charge in [0.05, 0.1) is 66.1 Å². The van der Waals surface area contributed by atoms with Gasteiger partial charge in [-0.1, -0.05) is 64.1 Å². The first-order valence-corrected chi connectivity index (χ1v) is 22.8. The second kappa shape index (κ2) is 20.4. The Kier molecular flexibility index (Phi) is 15.3. The van der Waals surface area contributed by atoms with Gasteiger partial charge in [0.1, 0.15) is 23.4 Å². The van der Waals surface area contributed by atoms with Gasteiger partial charge in [0.2, 0.25) is 0 Å². The van der Waals surface area contributed by atoms with E-state index in [2.05, 4.69) is 10.4 Å². The van der Waals surface area contributed by atoms with Gasteiger partial charge in [0.25, 0.3) is 17.6 Å². The van der Waals surface area contributed by atoms with Crippen molar-refractivity contribution < 1.29 is 63.7 Å². The van der Waals surface area contributed by atoms with Crippen LogP contribution >= 0.6 is 0 Å². The number of amides is 2. The monoisotopic (exact) mass is 940 g/mol. The Hall–Kier alpha value is -6.43. The van der Waals surface area contributed by atoms with E-state index in [1.165, 1.54) is 59.4 Å². The molecular formula is C51H64N4O13. The second-order valence-corrected chi connectivity index (χ2v) is 18.5. The summed E-state index contributed by atoms with van der Waals surface area (Å²) < 4.78 is 23.7. The number of allylic oxidation sites excluding steroid dienone is 2. The van der Waals surface area contributed by atoms with Gasteiger partial charge in [-0.15, -0.1) is 0 Å². The van der Waals surface area contributed by atoms with Gasteiger partial charge in [0.15, 0.2) is 5.75 Å². The van der Waals surface area contributed by atoms with Crippen LogP contribution < -0.4 is 10.1 Å². The summed E-state index contributed by atoms with van der Waals surface area (Å²) in [6.45, 7) is 16.8. The van der Waals surface area contributed by atoms with Crippen LogP contribution in [0, 0.1) is 30.6 Å². The summed E-state index contributed by atoms with van der Waals surface area (Å²) in [7, 11) is 1.43. The number of benzene rings is 3. The number of carbonyl (C=O) groups excluding carboxylic acids is 4. The molecule has 1 saturated heterocycles. The van der Waals surface area contributed by atoms with Crippen molar-refractivity contribution in [3.05, 3.63) is 88.7 Å². The molecule has 1 fully saturated rings. The maximum absolute atomic E-state index is 14.6. The quantitative estimate of drug-likeness (QED) is 0.0711. The largest absolute Gasteiger partial charge is 0.507 e. The summed E-state index contributed by atoms with van der Waals surface area (Å²) in [5.41, 5.74) is -0.0701. The second-order valence-electron chi connectivity index (χ2n) is 18.5. The van der Waals surface area contributed by atoms with Crippen LogP contribution in [0.1, 0.15) is 94.2 Å². The number of aliphatic hydroxyl groups excluding tert-OH is 2. The summed E-state index contributed by atoms with van der Waals surface area (Å²) in [5.74, 6) is -8.94. The van der Waals surface area contributed by atoms with Crippen molar-refractivity contribution in [3.8, 4) is 23.0 Å². The number of aromatic hydroxyl groups is 3. The zero-order chi connectivity index (χ0) is 50.1. The number of ketones is 1. The number of rotatable bonds is 5. The minimum Gasteiger partial charge on any atom is -0.507 e. The predicted octanol–water partition coefficient (Wildman–Crippen LogP) is 6.32. The molecule has 6 N–H and O–H groups in total. The van der Waals surface area contributed by atoms with E-state index < -0.39 is 88.8 Å². The number of anilines is 1. The third kappa shape index (κ3) is 9.78. The molecule has 366 valence electrons. The zero-order valence-electron chi connectivity index (χ0n) is 40.4. The Morgan fingerprint density at radius 3 is 2.15 bits per heavy atom. The fourth-order valence-electron chi connectivity index (χ4n) is 9.53. The summed E-state index contributed by atoms with van der Waals surface area (Å²) in [5, 5.41) is 67.6. The van der Waals surface area contributed by atoms with E-state index in [4.69, 9.17) is 18.9 Å². The average molecular weight is 941 g/mol. The molecule has 11 unspecified atom stereocenters. The van der Waals surface area contributed by atoms with Crippen LogP contribution in [-0.2, 0) is 23.8 Å². The maximum atomic E-state index is 14.6. The fourth-order valence-corrected chi connectivity index (χ4v) is 9.53. The first-order chi connectivity index (χ1) is 32.0. The number of esters is 1. The van der Waals surface area contributed by atoms with E-state index in [1.54, 1.807) is 74.0 Å². The number of phenolic OH excluding ortho intramolecular Hbond substituents is 3. The molecule has 68 heavy (non-hydrogen) atoms. The van der Waals surface area contributed by atoms with Crippen LogP contribution in [0.3, 0.4) is 0 Å². The number of piperazine rings is 1. The predicted molar refractivity (Wildman–Crippen MR) is 255 cm³/mol. The fraction of sp³-hybridized carbons (Fsp3) is 0.471. The number of carbonyl (C=O) groups is 4. The number of ether oxygens (including phenoxy) is 4. The number of aliphatic hydroxyl groups is 2.